The lowest BCUT2D eigenvalue weighted by Gasteiger charge is -2.20. The zero-order chi connectivity index (χ0) is 11.1. The van der Waals surface area contributed by atoms with Crippen molar-refractivity contribution in [3.05, 3.63) is 0 Å². The van der Waals surface area contributed by atoms with Crippen LogP contribution in [0.5, 0.6) is 0 Å². The van der Waals surface area contributed by atoms with E-state index < -0.39 is 6.10 Å². The number of rotatable bonds is 2. The van der Waals surface area contributed by atoms with E-state index in [1.807, 2.05) is 20.8 Å². The van der Waals surface area contributed by atoms with Crippen LogP contribution in [0.2, 0.25) is 0 Å². The molecule has 0 aliphatic carbocycles. The molecule has 0 aromatic rings. The first-order valence-corrected chi connectivity index (χ1v) is 4.07. The molecule has 0 aromatic heterocycles. The van der Waals surface area contributed by atoms with E-state index >= 15 is 0 Å². The second-order valence-corrected chi connectivity index (χ2v) is 4.06. The SMILES string of the molecule is CC(C)(C)CC(O)CO.N=C(N)N. The van der Waals surface area contributed by atoms with Gasteiger partial charge in [-0.05, 0) is 11.8 Å². The normalized spacial score (nSPS) is 12.7. The Hall–Kier alpha value is -0.810. The molecule has 0 saturated carbocycles. The molecule has 13 heavy (non-hydrogen) atoms. The van der Waals surface area contributed by atoms with Crippen LogP contribution in [-0.4, -0.2) is 28.9 Å². The first-order chi connectivity index (χ1) is 5.69. The molecule has 1 atom stereocenters. The zero-order valence-corrected chi connectivity index (χ0v) is 8.54. The fourth-order valence-corrected chi connectivity index (χ4v) is 0.771. The summed E-state index contributed by atoms with van der Waals surface area (Å²) in [6, 6.07) is 0. The maximum Gasteiger partial charge on any atom is 0.183 e. The predicted octanol–water partition coefficient (Wildman–Crippen LogP) is -0.386. The van der Waals surface area contributed by atoms with E-state index in [1.54, 1.807) is 0 Å². The number of hydrogen-bond donors (Lipinski definition) is 5. The Morgan fingerprint density at radius 2 is 1.69 bits per heavy atom. The standard InChI is InChI=1S/C7H16O2.CH5N3/c1-7(2,3)4-6(9)5-8;2-1(3)4/h6,8-9H,4-5H2,1-3H3;(H5,2,3,4). The molecule has 7 N–H and O–H groups in total. The lowest BCUT2D eigenvalue weighted by atomic mass is 9.89. The van der Waals surface area contributed by atoms with Crippen LogP contribution in [0.4, 0.5) is 0 Å². The van der Waals surface area contributed by atoms with E-state index in [0.29, 0.717) is 6.42 Å². The Morgan fingerprint density at radius 3 is 1.77 bits per heavy atom. The number of guanidine groups is 1. The third-order valence-corrected chi connectivity index (χ3v) is 1.06. The second kappa shape index (κ2) is 6.68. The van der Waals surface area contributed by atoms with Crippen molar-refractivity contribution in [1.82, 2.24) is 0 Å². The van der Waals surface area contributed by atoms with Gasteiger partial charge in [-0.3, -0.25) is 5.41 Å². The number of aliphatic hydroxyl groups excluding tert-OH is 2. The molecule has 0 radical (unpaired) electrons. The van der Waals surface area contributed by atoms with Crippen molar-refractivity contribution >= 4 is 5.96 Å². The molecule has 5 heteroatoms. The van der Waals surface area contributed by atoms with Gasteiger partial charge >= 0.3 is 0 Å². The van der Waals surface area contributed by atoms with Gasteiger partial charge < -0.3 is 21.7 Å². The van der Waals surface area contributed by atoms with Gasteiger partial charge in [0.15, 0.2) is 5.96 Å². The third-order valence-electron chi connectivity index (χ3n) is 1.06. The van der Waals surface area contributed by atoms with Gasteiger partial charge in [0.1, 0.15) is 0 Å². The minimum atomic E-state index is -0.551. The second-order valence-electron chi connectivity index (χ2n) is 4.06. The van der Waals surface area contributed by atoms with Crippen molar-refractivity contribution in [3.8, 4) is 0 Å². The van der Waals surface area contributed by atoms with Crippen molar-refractivity contribution in [2.24, 2.45) is 16.9 Å². The molecule has 0 saturated heterocycles. The van der Waals surface area contributed by atoms with Crippen LogP contribution in [0.15, 0.2) is 0 Å². The molecule has 0 spiro atoms. The summed E-state index contributed by atoms with van der Waals surface area (Å²) in [5.41, 5.74) is 9.06. The fourth-order valence-electron chi connectivity index (χ4n) is 0.771. The number of nitrogens with two attached hydrogens (primary N) is 2. The summed E-state index contributed by atoms with van der Waals surface area (Å²) in [6.07, 6.45) is 0.105. The molecule has 5 nitrogen and oxygen atoms in total. The summed E-state index contributed by atoms with van der Waals surface area (Å²) in [7, 11) is 0. The fraction of sp³-hybridized carbons (Fsp3) is 0.875. The third kappa shape index (κ3) is 24.7. The highest BCUT2D eigenvalue weighted by Crippen LogP contribution is 2.20. The van der Waals surface area contributed by atoms with Gasteiger partial charge in [-0.2, -0.15) is 0 Å². The predicted molar refractivity (Wildman–Crippen MR) is 53.3 cm³/mol. The topological polar surface area (TPSA) is 116 Å². The molecule has 0 aliphatic heterocycles. The number of aliphatic hydroxyl groups is 2. The van der Waals surface area contributed by atoms with E-state index in [-0.39, 0.29) is 18.0 Å². The quantitative estimate of drug-likeness (QED) is 0.302. The van der Waals surface area contributed by atoms with Crippen LogP contribution < -0.4 is 11.5 Å². The van der Waals surface area contributed by atoms with Crippen LogP contribution >= 0.6 is 0 Å². The van der Waals surface area contributed by atoms with Crippen LogP contribution in [0.3, 0.4) is 0 Å². The highest BCUT2D eigenvalue weighted by Gasteiger charge is 2.15. The molecule has 0 rings (SSSR count). The van der Waals surface area contributed by atoms with E-state index in [9.17, 15) is 0 Å². The molecular formula is C8H21N3O2. The number of hydrogen-bond acceptors (Lipinski definition) is 3. The van der Waals surface area contributed by atoms with Gasteiger partial charge in [-0.15, -0.1) is 0 Å². The smallest absolute Gasteiger partial charge is 0.183 e. The molecule has 0 fully saturated rings. The number of nitrogens with one attached hydrogen (secondary N) is 1. The molecule has 0 aliphatic rings. The molecule has 0 aromatic carbocycles. The molecule has 0 heterocycles. The van der Waals surface area contributed by atoms with Crippen molar-refractivity contribution < 1.29 is 10.2 Å². The van der Waals surface area contributed by atoms with E-state index in [4.69, 9.17) is 15.6 Å². The summed E-state index contributed by atoms with van der Waals surface area (Å²) in [4.78, 5) is 0. The largest absolute Gasteiger partial charge is 0.394 e. The molecule has 1 unspecified atom stereocenters. The van der Waals surface area contributed by atoms with Gasteiger partial charge in [-0.1, -0.05) is 20.8 Å². The Morgan fingerprint density at radius 1 is 1.38 bits per heavy atom. The lowest BCUT2D eigenvalue weighted by molar-refractivity contribution is 0.0612. The Labute approximate surface area is 79.3 Å². The van der Waals surface area contributed by atoms with Gasteiger partial charge in [0.05, 0.1) is 12.7 Å². The summed E-state index contributed by atoms with van der Waals surface area (Å²) < 4.78 is 0. The van der Waals surface area contributed by atoms with Gasteiger partial charge in [0.2, 0.25) is 0 Å². The summed E-state index contributed by atoms with van der Waals surface area (Å²) in [5.74, 6) is -0.333. The Kier molecular flexibility index (Phi) is 7.55. The first-order valence-electron chi connectivity index (χ1n) is 4.07. The van der Waals surface area contributed by atoms with E-state index in [1.165, 1.54) is 0 Å². The summed E-state index contributed by atoms with van der Waals surface area (Å²) in [6.45, 7) is 5.97. The average molecular weight is 191 g/mol. The maximum absolute atomic E-state index is 8.94. The van der Waals surface area contributed by atoms with Gasteiger partial charge in [-0.25, -0.2) is 0 Å². The van der Waals surface area contributed by atoms with Crippen molar-refractivity contribution in [2.75, 3.05) is 6.61 Å². The zero-order valence-electron chi connectivity index (χ0n) is 8.54. The molecule has 0 amide bonds. The monoisotopic (exact) mass is 191 g/mol. The first kappa shape index (κ1) is 14.7. The minimum Gasteiger partial charge on any atom is -0.394 e. The highest BCUT2D eigenvalue weighted by atomic mass is 16.3. The lowest BCUT2D eigenvalue weighted by Crippen LogP contribution is -2.20. The Balaban J connectivity index is 0. The van der Waals surface area contributed by atoms with Gasteiger partial charge in [0, 0.05) is 0 Å². The molecule has 0 bridgehead atoms. The minimum absolute atomic E-state index is 0.113. The summed E-state index contributed by atoms with van der Waals surface area (Å²) in [5, 5.41) is 23.4. The van der Waals surface area contributed by atoms with E-state index in [2.05, 4.69) is 11.5 Å². The van der Waals surface area contributed by atoms with Crippen molar-refractivity contribution in [1.29, 1.82) is 5.41 Å². The molecule has 80 valence electrons. The van der Waals surface area contributed by atoms with Crippen LogP contribution in [0, 0.1) is 10.8 Å². The maximum atomic E-state index is 8.94. The molecular weight excluding hydrogens is 170 g/mol. The van der Waals surface area contributed by atoms with E-state index in [0.717, 1.165) is 0 Å². The highest BCUT2D eigenvalue weighted by molar-refractivity contribution is 5.71. The van der Waals surface area contributed by atoms with Crippen LogP contribution in [-0.2, 0) is 0 Å². The summed E-state index contributed by atoms with van der Waals surface area (Å²) >= 11 is 0. The van der Waals surface area contributed by atoms with Crippen LogP contribution in [0.1, 0.15) is 27.2 Å². The van der Waals surface area contributed by atoms with Crippen molar-refractivity contribution in [3.63, 3.8) is 0 Å². The van der Waals surface area contributed by atoms with Gasteiger partial charge in [0.25, 0.3) is 0 Å². The van der Waals surface area contributed by atoms with Crippen molar-refractivity contribution in [2.45, 2.75) is 33.3 Å². The Bertz CT molecular complexity index is 139. The average Bonchev–Trinajstić information content (AvgIpc) is 1.82. The van der Waals surface area contributed by atoms with Crippen LogP contribution in [0.25, 0.3) is 0 Å².